The summed E-state index contributed by atoms with van der Waals surface area (Å²) in [6.45, 7) is 5.79. The first kappa shape index (κ1) is 8.74. The van der Waals surface area contributed by atoms with E-state index in [9.17, 15) is 0 Å². The predicted octanol–water partition coefficient (Wildman–Crippen LogP) is 1.41. The molecule has 0 aromatic heterocycles. The SMILES string of the molecule is CCN(I)C1CCNCC1. The molecule has 0 radical (unpaired) electrons. The van der Waals surface area contributed by atoms with E-state index >= 15 is 0 Å². The van der Waals surface area contributed by atoms with Gasteiger partial charge in [0, 0.05) is 35.5 Å². The third kappa shape index (κ3) is 2.36. The van der Waals surface area contributed by atoms with Gasteiger partial charge >= 0.3 is 0 Å². The molecule has 0 bridgehead atoms. The molecular weight excluding hydrogens is 239 g/mol. The highest BCUT2D eigenvalue weighted by atomic mass is 127. The molecule has 1 rings (SSSR count). The smallest absolute Gasteiger partial charge is 0.0218 e. The van der Waals surface area contributed by atoms with Gasteiger partial charge < -0.3 is 5.32 Å². The predicted molar refractivity (Wildman–Crippen MR) is 52.3 cm³/mol. The first-order valence-electron chi connectivity index (χ1n) is 3.97. The lowest BCUT2D eigenvalue weighted by molar-refractivity contribution is 0.312. The zero-order valence-corrected chi connectivity index (χ0v) is 8.60. The van der Waals surface area contributed by atoms with Gasteiger partial charge in [-0.25, -0.2) is 3.11 Å². The van der Waals surface area contributed by atoms with E-state index in [-0.39, 0.29) is 0 Å². The lowest BCUT2D eigenvalue weighted by Crippen LogP contribution is -2.38. The first-order valence-corrected chi connectivity index (χ1v) is 4.94. The average molecular weight is 254 g/mol. The van der Waals surface area contributed by atoms with Crippen LogP contribution in [0.15, 0.2) is 0 Å². The Bertz CT molecular complexity index is 91.6. The summed E-state index contributed by atoms with van der Waals surface area (Å²) < 4.78 is 2.42. The first-order chi connectivity index (χ1) is 4.84. The standard InChI is InChI=1S/C7H15IN2/c1-2-10(8)7-3-5-9-6-4-7/h7,9H,2-6H2,1H3. The van der Waals surface area contributed by atoms with Crippen molar-refractivity contribution in [1.29, 1.82) is 0 Å². The molecule has 1 aliphatic rings. The van der Waals surface area contributed by atoms with Crippen molar-refractivity contribution in [3.63, 3.8) is 0 Å². The van der Waals surface area contributed by atoms with E-state index in [1.165, 1.54) is 32.5 Å². The zero-order chi connectivity index (χ0) is 7.40. The van der Waals surface area contributed by atoms with Crippen molar-refractivity contribution < 1.29 is 0 Å². The Kier molecular flexibility index (Phi) is 3.95. The maximum absolute atomic E-state index is 3.36. The maximum atomic E-state index is 3.36. The second kappa shape index (κ2) is 4.51. The molecule has 0 spiro atoms. The third-order valence-corrected chi connectivity index (χ3v) is 3.48. The molecule has 1 heterocycles. The molecule has 0 aromatic rings. The van der Waals surface area contributed by atoms with Crippen LogP contribution in [0, 0.1) is 0 Å². The van der Waals surface area contributed by atoms with Crippen LogP contribution in [0.2, 0.25) is 0 Å². The molecule has 1 fully saturated rings. The Morgan fingerprint density at radius 3 is 2.60 bits per heavy atom. The molecule has 0 aromatic carbocycles. The van der Waals surface area contributed by atoms with Crippen LogP contribution in [0.5, 0.6) is 0 Å². The van der Waals surface area contributed by atoms with Gasteiger partial charge in [-0.3, -0.25) is 0 Å². The average Bonchev–Trinajstić information content (AvgIpc) is 2.05. The summed E-state index contributed by atoms with van der Waals surface area (Å²) in [5.41, 5.74) is 0. The van der Waals surface area contributed by atoms with Crippen molar-refractivity contribution in [2.45, 2.75) is 25.8 Å². The number of nitrogens with one attached hydrogen (secondary N) is 1. The fraction of sp³-hybridized carbons (Fsp3) is 1.00. The molecule has 1 aliphatic heterocycles. The Balaban J connectivity index is 2.24. The van der Waals surface area contributed by atoms with Gasteiger partial charge in [0.25, 0.3) is 0 Å². The van der Waals surface area contributed by atoms with Crippen molar-refractivity contribution in [2.75, 3.05) is 19.6 Å². The molecule has 10 heavy (non-hydrogen) atoms. The van der Waals surface area contributed by atoms with Gasteiger partial charge in [0.05, 0.1) is 0 Å². The van der Waals surface area contributed by atoms with Crippen molar-refractivity contribution >= 4 is 22.9 Å². The zero-order valence-electron chi connectivity index (χ0n) is 6.44. The Labute approximate surface area is 76.9 Å². The molecule has 0 unspecified atom stereocenters. The molecule has 1 saturated heterocycles. The summed E-state index contributed by atoms with van der Waals surface area (Å²) in [6.07, 6.45) is 2.63. The number of rotatable bonds is 2. The highest BCUT2D eigenvalue weighted by molar-refractivity contribution is 14.1. The monoisotopic (exact) mass is 254 g/mol. The van der Waals surface area contributed by atoms with Crippen LogP contribution in [0.25, 0.3) is 0 Å². The largest absolute Gasteiger partial charge is 0.317 e. The van der Waals surface area contributed by atoms with Gasteiger partial charge in [-0.1, -0.05) is 6.92 Å². The van der Waals surface area contributed by atoms with Crippen LogP contribution < -0.4 is 5.32 Å². The second-order valence-corrected chi connectivity index (χ2v) is 3.94. The molecule has 3 heteroatoms. The van der Waals surface area contributed by atoms with Crippen molar-refractivity contribution in [3.8, 4) is 0 Å². The number of hydrogen-bond acceptors (Lipinski definition) is 2. The third-order valence-electron chi connectivity index (χ3n) is 2.01. The van der Waals surface area contributed by atoms with E-state index < -0.39 is 0 Å². The summed E-state index contributed by atoms with van der Waals surface area (Å²) >= 11 is 2.43. The van der Waals surface area contributed by atoms with E-state index in [4.69, 9.17) is 0 Å². The van der Waals surface area contributed by atoms with Crippen LogP contribution in [-0.2, 0) is 0 Å². The Morgan fingerprint density at radius 2 is 2.10 bits per heavy atom. The van der Waals surface area contributed by atoms with E-state index in [0.717, 1.165) is 6.04 Å². The van der Waals surface area contributed by atoms with Gasteiger partial charge in [-0.2, -0.15) is 0 Å². The molecule has 0 aliphatic carbocycles. The maximum Gasteiger partial charge on any atom is 0.0218 e. The number of nitrogens with zero attached hydrogens (tertiary/aromatic N) is 1. The van der Waals surface area contributed by atoms with Crippen LogP contribution in [0.3, 0.4) is 0 Å². The summed E-state index contributed by atoms with van der Waals surface area (Å²) in [4.78, 5) is 0. The summed E-state index contributed by atoms with van der Waals surface area (Å²) in [5, 5.41) is 3.36. The minimum atomic E-state index is 0.826. The summed E-state index contributed by atoms with van der Waals surface area (Å²) in [5.74, 6) is 0. The molecule has 0 saturated carbocycles. The minimum absolute atomic E-state index is 0.826. The molecule has 60 valence electrons. The highest BCUT2D eigenvalue weighted by Gasteiger charge is 2.16. The minimum Gasteiger partial charge on any atom is -0.317 e. The Morgan fingerprint density at radius 1 is 1.50 bits per heavy atom. The second-order valence-electron chi connectivity index (χ2n) is 2.70. The molecule has 2 nitrogen and oxygen atoms in total. The molecule has 1 N–H and O–H groups in total. The van der Waals surface area contributed by atoms with E-state index in [2.05, 4.69) is 38.2 Å². The Hall–Kier alpha value is 0.650. The normalized spacial score (nSPS) is 21.9. The summed E-state index contributed by atoms with van der Waals surface area (Å²) in [6, 6.07) is 0.826. The van der Waals surface area contributed by atoms with Crippen LogP contribution in [-0.4, -0.2) is 28.8 Å². The molecular formula is C7H15IN2. The van der Waals surface area contributed by atoms with Gasteiger partial charge in [-0.05, 0) is 25.9 Å². The van der Waals surface area contributed by atoms with E-state index in [0.29, 0.717) is 0 Å². The van der Waals surface area contributed by atoms with Crippen molar-refractivity contribution in [3.05, 3.63) is 0 Å². The van der Waals surface area contributed by atoms with Gasteiger partial charge in [0.2, 0.25) is 0 Å². The van der Waals surface area contributed by atoms with E-state index in [1.807, 2.05) is 0 Å². The molecule has 0 amide bonds. The van der Waals surface area contributed by atoms with Crippen molar-refractivity contribution in [2.24, 2.45) is 0 Å². The number of piperidine rings is 1. The fourth-order valence-corrected chi connectivity index (χ4v) is 1.90. The quantitative estimate of drug-likeness (QED) is 0.592. The van der Waals surface area contributed by atoms with Crippen molar-refractivity contribution in [1.82, 2.24) is 8.43 Å². The lowest BCUT2D eigenvalue weighted by Gasteiger charge is -2.28. The highest BCUT2D eigenvalue weighted by Crippen LogP contribution is 2.14. The summed E-state index contributed by atoms with van der Waals surface area (Å²) in [7, 11) is 0. The molecule has 0 atom stereocenters. The van der Waals surface area contributed by atoms with Gasteiger partial charge in [0.1, 0.15) is 0 Å². The lowest BCUT2D eigenvalue weighted by atomic mass is 10.1. The van der Waals surface area contributed by atoms with Crippen LogP contribution in [0.4, 0.5) is 0 Å². The number of halogens is 1. The van der Waals surface area contributed by atoms with Crippen LogP contribution >= 0.6 is 22.9 Å². The van der Waals surface area contributed by atoms with Gasteiger partial charge in [-0.15, -0.1) is 0 Å². The fourth-order valence-electron chi connectivity index (χ4n) is 1.35. The van der Waals surface area contributed by atoms with Gasteiger partial charge in [0.15, 0.2) is 0 Å². The number of hydrogen-bond donors (Lipinski definition) is 1. The van der Waals surface area contributed by atoms with E-state index in [1.54, 1.807) is 0 Å². The van der Waals surface area contributed by atoms with Crippen LogP contribution in [0.1, 0.15) is 19.8 Å². The topological polar surface area (TPSA) is 15.3 Å².